The molecular weight excluding hydrogens is 198 g/mol. The predicted octanol–water partition coefficient (Wildman–Crippen LogP) is 2.66. The van der Waals surface area contributed by atoms with Crippen LogP contribution in [0.15, 0.2) is 0 Å². The molecule has 2 fully saturated rings. The van der Waals surface area contributed by atoms with Gasteiger partial charge in [-0.25, -0.2) is 0 Å². The van der Waals surface area contributed by atoms with Crippen molar-refractivity contribution in [3.05, 3.63) is 0 Å². The van der Waals surface area contributed by atoms with Gasteiger partial charge in [-0.15, -0.1) is 0 Å². The number of hydrogen-bond donors (Lipinski definition) is 1. The summed E-state index contributed by atoms with van der Waals surface area (Å²) in [5.41, 5.74) is 0. The van der Waals surface area contributed by atoms with Crippen LogP contribution in [-0.2, 0) is 0 Å². The fourth-order valence-electron chi connectivity index (χ4n) is 3.47. The lowest BCUT2D eigenvalue weighted by molar-refractivity contribution is 0.0586. The molecule has 16 heavy (non-hydrogen) atoms. The molecule has 1 aliphatic carbocycles. The van der Waals surface area contributed by atoms with Crippen molar-refractivity contribution < 1.29 is 5.11 Å². The maximum absolute atomic E-state index is 9.42. The van der Waals surface area contributed by atoms with Gasteiger partial charge in [-0.3, -0.25) is 4.90 Å². The van der Waals surface area contributed by atoms with Gasteiger partial charge in [-0.2, -0.15) is 0 Å². The lowest BCUT2D eigenvalue weighted by atomic mass is 9.79. The summed E-state index contributed by atoms with van der Waals surface area (Å²) in [6, 6.07) is 0.461. The molecule has 0 radical (unpaired) electrons. The van der Waals surface area contributed by atoms with Gasteiger partial charge in [-0.1, -0.05) is 32.6 Å². The standard InChI is InChI=1S/C14H27NO/c1-12-6-2-3-7-13(12)10-15-9-5-4-8-14(15)11-16/h12-14,16H,2-11H2,1H3. The highest BCUT2D eigenvalue weighted by Gasteiger charge is 2.28. The van der Waals surface area contributed by atoms with E-state index in [4.69, 9.17) is 0 Å². The summed E-state index contributed by atoms with van der Waals surface area (Å²) in [5, 5.41) is 9.42. The Hall–Kier alpha value is -0.0800. The molecule has 0 aromatic rings. The van der Waals surface area contributed by atoms with Gasteiger partial charge in [0.05, 0.1) is 6.61 Å². The zero-order chi connectivity index (χ0) is 11.4. The highest BCUT2D eigenvalue weighted by Crippen LogP contribution is 2.31. The summed E-state index contributed by atoms with van der Waals surface area (Å²) in [6.45, 7) is 5.24. The summed E-state index contributed by atoms with van der Waals surface area (Å²) in [6.07, 6.45) is 9.53. The molecule has 1 saturated carbocycles. The van der Waals surface area contributed by atoms with E-state index in [-0.39, 0.29) is 0 Å². The largest absolute Gasteiger partial charge is 0.395 e. The van der Waals surface area contributed by atoms with Crippen LogP contribution in [0.25, 0.3) is 0 Å². The van der Waals surface area contributed by atoms with Crippen LogP contribution in [0, 0.1) is 11.8 Å². The van der Waals surface area contributed by atoms with Crippen LogP contribution in [0.2, 0.25) is 0 Å². The van der Waals surface area contributed by atoms with Crippen LogP contribution in [0.1, 0.15) is 51.9 Å². The van der Waals surface area contributed by atoms with E-state index in [0.717, 1.165) is 11.8 Å². The Bertz CT molecular complexity index is 207. The number of aliphatic hydroxyl groups excluding tert-OH is 1. The SMILES string of the molecule is CC1CCCCC1CN1CCCCC1CO. The third-order valence-corrected chi connectivity index (χ3v) is 4.72. The van der Waals surface area contributed by atoms with Gasteiger partial charge in [0.15, 0.2) is 0 Å². The normalized spacial score (nSPS) is 37.5. The minimum Gasteiger partial charge on any atom is -0.395 e. The maximum atomic E-state index is 9.42. The Labute approximate surface area is 100 Å². The third kappa shape index (κ3) is 2.98. The molecule has 1 N–H and O–H groups in total. The molecule has 1 heterocycles. The summed E-state index contributed by atoms with van der Waals surface area (Å²) in [7, 11) is 0. The number of hydrogen-bond acceptors (Lipinski definition) is 2. The van der Waals surface area contributed by atoms with Crippen LogP contribution in [-0.4, -0.2) is 35.7 Å². The number of piperidine rings is 1. The molecule has 94 valence electrons. The molecular formula is C14H27NO. The molecule has 0 spiro atoms. The second-order valence-electron chi connectivity index (χ2n) is 5.85. The summed E-state index contributed by atoms with van der Waals surface area (Å²) >= 11 is 0. The quantitative estimate of drug-likeness (QED) is 0.798. The fraction of sp³-hybridized carbons (Fsp3) is 1.00. The van der Waals surface area contributed by atoms with Crippen molar-refractivity contribution in [1.82, 2.24) is 4.90 Å². The minimum absolute atomic E-state index is 0.362. The summed E-state index contributed by atoms with van der Waals surface area (Å²) in [5.74, 6) is 1.79. The maximum Gasteiger partial charge on any atom is 0.0586 e. The van der Waals surface area contributed by atoms with Gasteiger partial charge in [0.25, 0.3) is 0 Å². The summed E-state index contributed by atoms with van der Waals surface area (Å²) < 4.78 is 0. The summed E-state index contributed by atoms with van der Waals surface area (Å²) in [4.78, 5) is 2.57. The third-order valence-electron chi connectivity index (χ3n) is 4.72. The van der Waals surface area contributed by atoms with Gasteiger partial charge >= 0.3 is 0 Å². The first-order valence-electron chi connectivity index (χ1n) is 7.16. The smallest absolute Gasteiger partial charge is 0.0586 e. The first-order chi connectivity index (χ1) is 7.81. The second kappa shape index (κ2) is 6.02. The van der Waals surface area contributed by atoms with E-state index in [1.54, 1.807) is 0 Å². The number of nitrogens with zero attached hydrogens (tertiary/aromatic N) is 1. The van der Waals surface area contributed by atoms with Crippen LogP contribution < -0.4 is 0 Å². The fourth-order valence-corrected chi connectivity index (χ4v) is 3.47. The minimum atomic E-state index is 0.362. The number of rotatable bonds is 3. The van der Waals surface area contributed by atoms with Gasteiger partial charge in [-0.05, 0) is 37.6 Å². The molecule has 0 aromatic heterocycles. The number of likely N-dealkylation sites (tertiary alicyclic amines) is 1. The average molecular weight is 225 g/mol. The zero-order valence-corrected chi connectivity index (χ0v) is 10.7. The van der Waals surface area contributed by atoms with Gasteiger partial charge in [0.2, 0.25) is 0 Å². The molecule has 2 rings (SSSR count). The Morgan fingerprint density at radius 2 is 1.81 bits per heavy atom. The lowest BCUT2D eigenvalue weighted by Gasteiger charge is -2.39. The van der Waals surface area contributed by atoms with E-state index < -0.39 is 0 Å². The topological polar surface area (TPSA) is 23.5 Å². The van der Waals surface area contributed by atoms with Crippen LogP contribution in [0.3, 0.4) is 0 Å². The lowest BCUT2D eigenvalue weighted by Crippen LogP contribution is -2.45. The van der Waals surface area contributed by atoms with Gasteiger partial charge in [0.1, 0.15) is 0 Å². The molecule has 2 aliphatic rings. The number of aliphatic hydroxyl groups is 1. The van der Waals surface area contributed by atoms with Crippen LogP contribution in [0.5, 0.6) is 0 Å². The molecule has 2 heteroatoms. The Kier molecular flexibility index (Phi) is 4.66. The van der Waals surface area contributed by atoms with E-state index in [1.165, 1.54) is 58.0 Å². The first kappa shape index (κ1) is 12.4. The monoisotopic (exact) mass is 225 g/mol. The molecule has 3 atom stereocenters. The predicted molar refractivity (Wildman–Crippen MR) is 67.4 cm³/mol. The molecule has 1 saturated heterocycles. The van der Waals surface area contributed by atoms with Crippen molar-refractivity contribution in [3.8, 4) is 0 Å². The van der Waals surface area contributed by atoms with E-state index >= 15 is 0 Å². The van der Waals surface area contributed by atoms with Crippen LogP contribution >= 0.6 is 0 Å². The molecule has 1 aliphatic heterocycles. The van der Waals surface area contributed by atoms with Crippen molar-refractivity contribution in [2.24, 2.45) is 11.8 Å². The highest BCUT2D eigenvalue weighted by molar-refractivity contribution is 4.81. The van der Waals surface area contributed by atoms with E-state index in [2.05, 4.69) is 11.8 Å². The van der Waals surface area contributed by atoms with Crippen molar-refractivity contribution in [3.63, 3.8) is 0 Å². The van der Waals surface area contributed by atoms with Crippen molar-refractivity contribution in [2.45, 2.75) is 57.9 Å². The van der Waals surface area contributed by atoms with Gasteiger partial charge in [0, 0.05) is 12.6 Å². The Morgan fingerprint density at radius 3 is 2.56 bits per heavy atom. The molecule has 0 aromatic carbocycles. The zero-order valence-electron chi connectivity index (χ0n) is 10.7. The second-order valence-corrected chi connectivity index (χ2v) is 5.85. The van der Waals surface area contributed by atoms with E-state index in [1.807, 2.05) is 0 Å². The van der Waals surface area contributed by atoms with E-state index in [9.17, 15) is 5.11 Å². The molecule has 3 unspecified atom stereocenters. The van der Waals surface area contributed by atoms with E-state index in [0.29, 0.717) is 12.6 Å². The Balaban J connectivity index is 1.86. The average Bonchev–Trinajstić information content (AvgIpc) is 2.33. The molecule has 2 nitrogen and oxygen atoms in total. The van der Waals surface area contributed by atoms with Gasteiger partial charge < -0.3 is 5.11 Å². The van der Waals surface area contributed by atoms with Crippen molar-refractivity contribution >= 4 is 0 Å². The van der Waals surface area contributed by atoms with Crippen molar-refractivity contribution in [2.75, 3.05) is 19.7 Å². The highest BCUT2D eigenvalue weighted by atomic mass is 16.3. The molecule has 0 amide bonds. The Morgan fingerprint density at radius 1 is 1.06 bits per heavy atom. The first-order valence-corrected chi connectivity index (χ1v) is 7.16. The molecule has 0 bridgehead atoms. The van der Waals surface area contributed by atoms with Crippen LogP contribution in [0.4, 0.5) is 0 Å². The van der Waals surface area contributed by atoms with Crippen molar-refractivity contribution in [1.29, 1.82) is 0 Å².